The van der Waals surface area contributed by atoms with Gasteiger partial charge in [0.05, 0.1) is 23.6 Å². The summed E-state index contributed by atoms with van der Waals surface area (Å²) in [4.78, 5) is 36.5. The lowest BCUT2D eigenvalue weighted by atomic mass is 9.96. The summed E-state index contributed by atoms with van der Waals surface area (Å²) in [5.41, 5.74) is 2.46. The number of aliphatic hydroxyl groups is 1. The van der Waals surface area contributed by atoms with Gasteiger partial charge in [-0.1, -0.05) is 34.1 Å². The Morgan fingerprint density at radius 1 is 1.09 bits per heavy atom. The molecule has 1 N–H and O–H groups in total. The molecule has 5 rings (SSSR count). The van der Waals surface area contributed by atoms with Gasteiger partial charge in [-0.25, -0.2) is 9.97 Å². The number of aryl methyl sites for hydroxylation is 2. The first-order chi connectivity index (χ1) is 16.5. The number of aliphatic hydroxyl groups excluding tert-OH is 1. The first kappa shape index (κ1) is 22.1. The highest BCUT2D eigenvalue weighted by atomic mass is 79.9. The Morgan fingerprint density at radius 2 is 1.88 bits per heavy atom. The van der Waals surface area contributed by atoms with Gasteiger partial charge in [-0.3, -0.25) is 14.0 Å². The molecule has 0 bridgehead atoms. The third kappa shape index (κ3) is 3.81. The summed E-state index contributed by atoms with van der Waals surface area (Å²) in [5, 5.41) is 11.5. The molecular weight excluding hydrogens is 498 g/mol. The number of hydrogen-bond donors (Lipinski definition) is 1. The molecule has 8 nitrogen and oxygen atoms in total. The van der Waals surface area contributed by atoms with Gasteiger partial charge in [-0.15, -0.1) is 0 Å². The second-order valence-electron chi connectivity index (χ2n) is 8.17. The predicted octanol–water partition coefficient (Wildman–Crippen LogP) is 4.11. The van der Waals surface area contributed by atoms with Crippen molar-refractivity contribution in [1.82, 2.24) is 23.8 Å². The van der Waals surface area contributed by atoms with Crippen LogP contribution in [-0.4, -0.2) is 47.2 Å². The molecule has 0 saturated carbocycles. The number of carbonyl (C=O) groups is 2. The fraction of sp³-hybridized carbons (Fsp3) is 0.200. The monoisotopic (exact) mass is 519 g/mol. The number of halogens is 1. The molecule has 1 amide bonds. The van der Waals surface area contributed by atoms with Crippen molar-refractivity contribution >= 4 is 39.0 Å². The largest absolute Gasteiger partial charge is 0.505 e. The highest BCUT2D eigenvalue weighted by Crippen LogP contribution is 2.40. The first-order valence-electron chi connectivity index (χ1n) is 10.9. The zero-order valence-electron chi connectivity index (χ0n) is 18.4. The number of carbonyl (C=O) groups excluding carboxylic acids is 2. The minimum atomic E-state index is -0.704. The molecule has 1 saturated heterocycles. The number of amides is 1. The van der Waals surface area contributed by atoms with Gasteiger partial charge in [-0.2, -0.15) is 0 Å². The summed E-state index contributed by atoms with van der Waals surface area (Å²) < 4.78 is 4.54. The van der Waals surface area contributed by atoms with Gasteiger partial charge in [0, 0.05) is 36.2 Å². The lowest BCUT2D eigenvalue weighted by molar-refractivity contribution is -0.139. The highest BCUT2D eigenvalue weighted by molar-refractivity contribution is 9.10. The van der Waals surface area contributed by atoms with E-state index in [0.29, 0.717) is 36.5 Å². The Bertz CT molecular complexity index is 1410. The molecule has 0 aliphatic carbocycles. The van der Waals surface area contributed by atoms with E-state index in [2.05, 4.69) is 25.9 Å². The summed E-state index contributed by atoms with van der Waals surface area (Å²) >= 11 is 3.44. The van der Waals surface area contributed by atoms with Crippen LogP contribution in [0.15, 0.2) is 77.4 Å². The number of imidazole rings is 2. The maximum Gasteiger partial charge on any atom is 0.295 e. The van der Waals surface area contributed by atoms with E-state index >= 15 is 0 Å². The zero-order chi connectivity index (χ0) is 23.8. The Hall–Kier alpha value is -3.72. The summed E-state index contributed by atoms with van der Waals surface area (Å²) in [6.45, 7) is 2.78. The number of likely N-dealkylation sites (tertiary alicyclic amines) is 1. The number of hydrogen-bond acceptors (Lipinski definition) is 5. The van der Waals surface area contributed by atoms with Gasteiger partial charge in [-0.05, 0) is 43.2 Å². The van der Waals surface area contributed by atoms with Crippen LogP contribution in [0, 0.1) is 6.92 Å². The molecule has 3 aromatic heterocycles. The molecule has 172 valence electrons. The fourth-order valence-corrected chi connectivity index (χ4v) is 4.74. The number of benzene rings is 1. The molecule has 4 aromatic rings. The number of nitrogens with zero attached hydrogens (tertiary/aromatic N) is 5. The second-order valence-corrected chi connectivity index (χ2v) is 9.09. The average Bonchev–Trinajstić information content (AvgIpc) is 3.52. The first-order valence-corrected chi connectivity index (χ1v) is 11.7. The van der Waals surface area contributed by atoms with Crippen molar-refractivity contribution in [2.45, 2.75) is 25.9 Å². The highest BCUT2D eigenvalue weighted by Gasteiger charge is 2.46. The van der Waals surface area contributed by atoms with Crippen molar-refractivity contribution in [1.29, 1.82) is 0 Å². The number of pyridine rings is 1. The van der Waals surface area contributed by atoms with Crippen molar-refractivity contribution in [2.75, 3.05) is 6.54 Å². The van der Waals surface area contributed by atoms with Gasteiger partial charge in [0.1, 0.15) is 11.3 Å². The normalized spacial score (nSPS) is 17.7. The minimum absolute atomic E-state index is 0.0729. The van der Waals surface area contributed by atoms with Gasteiger partial charge in [0.15, 0.2) is 5.76 Å². The van der Waals surface area contributed by atoms with Gasteiger partial charge in [0.25, 0.3) is 11.7 Å². The summed E-state index contributed by atoms with van der Waals surface area (Å²) in [6.07, 6.45) is 7.68. The van der Waals surface area contributed by atoms with E-state index in [4.69, 9.17) is 0 Å². The number of fused-ring (bicyclic) bond motifs is 1. The van der Waals surface area contributed by atoms with Crippen LogP contribution in [0.2, 0.25) is 0 Å². The molecule has 1 aromatic carbocycles. The maximum atomic E-state index is 13.3. The predicted molar refractivity (Wildman–Crippen MR) is 130 cm³/mol. The van der Waals surface area contributed by atoms with E-state index in [0.717, 1.165) is 10.0 Å². The zero-order valence-corrected chi connectivity index (χ0v) is 20.0. The van der Waals surface area contributed by atoms with E-state index in [1.165, 1.54) is 0 Å². The maximum absolute atomic E-state index is 13.3. The van der Waals surface area contributed by atoms with Gasteiger partial charge < -0.3 is 14.6 Å². The van der Waals surface area contributed by atoms with Gasteiger partial charge >= 0.3 is 0 Å². The topological polar surface area (TPSA) is 92.7 Å². The Labute approximate surface area is 204 Å². The van der Waals surface area contributed by atoms with Crippen LogP contribution in [0.1, 0.15) is 29.4 Å². The van der Waals surface area contributed by atoms with Crippen LogP contribution in [0.4, 0.5) is 0 Å². The van der Waals surface area contributed by atoms with Crippen LogP contribution in [0.5, 0.6) is 0 Å². The van der Waals surface area contributed by atoms with E-state index in [1.807, 2.05) is 53.2 Å². The summed E-state index contributed by atoms with van der Waals surface area (Å²) in [7, 11) is 0. The third-order valence-corrected chi connectivity index (χ3v) is 6.56. The lowest BCUT2D eigenvalue weighted by Crippen LogP contribution is -2.31. The van der Waals surface area contributed by atoms with Crippen LogP contribution >= 0.6 is 15.9 Å². The smallest absolute Gasteiger partial charge is 0.295 e. The van der Waals surface area contributed by atoms with Crippen molar-refractivity contribution in [3.8, 4) is 0 Å². The van der Waals surface area contributed by atoms with E-state index in [1.54, 1.807) is 34.9 Å². The molecule has 9 heteroatoms. The molecule has 4 heterocycles. The molecule has 0 radical (unpaired) electrons. The van der Waals surface area contributed by atoms with Crippen LogP contribution in [0.3, 0.4) is 0 Å². The minimum Gasteiger partial charge on any atom is -0.505 e. The van der Waals surface area contributed by atoms with Crippen LogP contribution in [-0.2, 0) is 16.1 Å². The van der Waals surface area contributed by atoms with Crippen molar-refractivity contribution in [2.24, 2.45) is 0 Å². The van der Waals surface area contributed by atoms with Crippen molar-refractivity contribution < 1.29 is 14.7 Å². The molecule has 1 fully saturated rings. The third-order valence-electron chi connectivity index (χ3n) is 6.03. The Kier molecular flexibility index (Phi) is 5.79. The van der Waals surface area contributed by atoms with E-state index in [9.17, 15) is 14.7 Å². The van der Waals surface area contributed by atoms with Crippen molar-refractivity contribution in [3.63, 3.8) is 0 Å². The average molecular weight is 520 g/mol. The SMILES string of the molecule is Cc1nc2ccccn2c1C(O)=C1C(=O)C(=O)N(CCCn2ccnc2)[C@H]1c1ccc(Br)cc1. The van der Waals surface area contributed by atoms with Crippen molar-refractivity contribution in [3.05, 3.63) is 94.4 Å². The molecular formula is C25H22BrN5O3. The van der Waals surface area contributed by atoms with Crippen LogP contribution < -0.4 is 0 Å². The quantitative estimate of drug-likeness (QED) is 0.235. The standard InChI is InChI=1S/C25H22BrN5O3/c1-16-21(30-12-3-2-5-19(30)28-16)23(32)20-22(17-6-8-18(26)9-7-17)31(25(34)24(20)33)13-4-11-29-14-10-27-15-29/h2-3,5-10,12,14-15,22,32H,4,11,13H2,1H3/t22-/m0/s1. The summed E-state index contributed by atoms with van der Waals surface area (Å²) in [5.74, 6) is -1.54. The number of Topliss-reactive ketones (excluding diaryl/α,β-unsaturated/α-hetero) is 1. The summed E-state index contributed by atoms with van der Waals surface area (Å²) in [6, 6.07) is 12.2. The van der Waals surface area contributed by atoms with Crippen LogP contribution in [0.25, 0.3) is 11.4 Å². The Balaban J connectivity index is 1.60. The number of ketones is 1. The second kappa shape index (κ2) is 8.90. The van der Waals surface area contributed by atoms with E-state index in [-0.39, 0.29) is 11.3 Å². The van der Waals surface area contributed by atoms with Gasteiger partial charge in [0.2, 0.25) is 0 Å². The molecule has 0 unspecified atom stereocenters. The fourth-order valence-electron chi connectivity index (χ4n) is 4.47. The lowest BCUT2D eigenvalue weighted by Gasteiger charge is -2.25. The number of rotatable bonds is 6. The molecule has 0 spiro atoms. The van der Waals surface area contributed by atoms with E-state index < -0.39 is 17.7 Å². The molecule has 1 atom stereocenters. The molecule has 34 heavy (non-hydrogen) atoms. The number of aromatic nitrogens is 4. The Morgan fingerprint density at radius 3 is 2.62 bits per heavy atom. The molecule has 1 aliphatic rings. The molecule has 1 aliphatic heterocycles.